The van der Waals surface area contributed by atoms with Gasteiger partial charge in [0.05, 0.1) is 7.11 Å². The van der Waals surface area contributed by atoms with Gasteiger partial charge in [-0.15, -0.1) is 4.39 Å². The zero-order valence-corrected chi connectivity index (χ0v) is 2.79. The van der Waals surface area contributed by atoms with Gasteiger partial charge >= 0.3 is 0 Å². The van der Waals surface area contributed by atoms with Crippen LogP contribution in [0.4, 0.5) is 4.39 Å². The molecule has 0 radical (unpaired) electrons. The molecule has 0 spiro atoms. The molecule has 0 aromatic heterocycles. The van der Waals surface area contributed by atoms with Crippen LogP contribution in [-0.2, 0) is 4.74 Å². The number of methoxy groups -OCH3 is 1. The quantitative estimate of drug-likeness (QED) is 0.380. The van der Waals surface area contributed by atoms with Gasteiger partial charge in [0.1, 0.15) is 12.3 Å². The van der Waals surface area contributed by atoms with Crippen molar-refractivity contribution in [2.45, 2.75) is 0 Å². The van der Waals surface area contributed by atoms with E-state index in [0.717, 1.165) is 6.17 Å². The highest BCUT2D eigenvalue weighted by Gasteiger charge is 1.47. The van der Waals surface area contributed by atoms with Crippen molar-refractivity contribution < 1.29 is 9.13 Å². The second-order valence-electron chi connectivity index (χ2n) is 0.401. The molecular weight excluding hydrogens is 71.0 g/mol. The Kier molecular flexibility index (Phi) is 2.82. The Morgan fingerprint density at radius 3 is 2.40 bits per heavy atom. The lowest BCUT2D eigenvalue weighted by atomic mass is 11.2. The van der Waals surface area contributed by atoms with E-state index in [4.69, 9.17) is 0 Å². The standard InChI is InChI=1S/C3H3FO/c1-5-3-2-4/h1H3. The maximum atomic E-state index is 10.5. The first-order valence-corrected chi connectivity index (χ1v) is 1.05. The number of hydrogen-bond acceptors (Lipinski definition) is 1. The van der Waals surface area contributed by atoms with Crippen molar-refractivity contribution in [3.63, 3.8) is 0 Å². The Morgan fingerprint density at radius 1 is 1.80 bits per heavy atom. The van der Waals surface area contributed by atoms with Crippen molar-refractivity contribution in [3.05, 3.63) is 0 Å². The van der Waals surface area contributed by atoms with Gasteiger partial charge in [-0.05, 0) is 0 Å². The summed E-state index contributed by atoms with van der Waals surface area (Å²) in [5, 5.41) is 0. The molecule has 0 saturated heterocycles. The van der Waals surface area contributed by atoms with E-state index in [-0.39, 0.29) is 0 Å². The van der Waals surface area contributed by atoms with Crippen LogP contribution in [0.25, 0.3) is 0 Å². The van der Waals surface area contributed by atoms with Crippen LogP contribution in [0.5, 0.6) is 0 Å². The number of hydrogen-bond donors (Lipinski definition) is 0. The zero-order chi connectivity index (χ0) is 4.12. The smallest absolute Gasteiger partial charge is 0.149 e. The van der Waals surface area contributed by atoms with Crippen LogP contribution in [0.1, 0.15) is 0 Å². The average molecular weight is 74.1 g/mol. The van der Waals surface area contributed by atoms with Crippen LogP contribution >= 0.6 is 0 Å². The molecule has 0 heterocycles. The molecular formula is C3H3FO. The molecule has 0 unspecified atom stereocenters. The van der Waals surface area contributed by atoms with E-state index >= 15 is 0 Å². The first kappa shape index (κ1) is 4.29. The van der Waals surface area contributed by atoms with Gasteiger partial charge in [0.2, 0.25) is 0 Å². The molecule has 5 heavy (non-hydrogen) atoms. The summed E-state index contributed by atoms with van der Waals surface area (Å²) in [5.41, 5.74) is 0. The number of halogens is 1. The molecule has 0 aromatic rings. The minimum atomic E-state index is 1.05. The summed E-state index contributed by atoms with van der Waals surface area (Å²) in [7, 11) is 1.30. The maximum absolute atomic E-state index is 10.5. The van der Waals surface area contributed by atoms with E-state index in [1.807, 2.05) is 0 Å². The third kappa shape index (κ3) is 3.29. The summed E-state index contributed by atoms with van der Waals surface area (Å²) in [6.45, 7) is 0. The van der Waals surface area contributed by atoms with E-state index in [1.165, 1.54) is 7.11 Å². The molecule has 0 amide bonds. The van der Waals surface area contributed by atoms with Gasteiger partial charge in [0.15, 0.2) is 0 Å². The summed E-state index contributed by atoms with van der Waals surface area (Å²) >= 11 is 0. The maximum Gasteiger partial charge on any atom is 0.149 e. The van der Waals surface area contributed by atoms with Crippen molar-refractivity contribution >= 4 is 0 Å². The summed E-state index contributed by atoms with van der Waals surface area (Å²) < 4.78 is 14.5. The molecule has 1 nitrogen and oxygen atoms in total. The molecule has 0 aliphatic carbocycles. The third-order valence-electron chi connectivity index (χ3n) is 0.141. The fraction of sp³-hybridized carbons (Fsp3) is 0.333. The van der Waals surface area contributed by atoms with Crippen LogP contribution in [0, 0.1) is 12.3 Å². The normalized spacial score (nSPS) is 4.40. The largest absolute Gasteiger partial charge is 0.448 e. The van der Waals surface area contributed by atoms with Gasteiger partial charge in [0, 0.05) is 0 Å². The second kappa shape index (κ2) is 3.29. The third-order valence-corrected chi connectivity index (χ3v) is 0.141. The highest BCUT2D eigenvalue weighted by molar-refractivity contribution is 4.76. The molecule has 28 valence electrons. The van der Waals surface area contributed by atoms with Crippen LogP contribution in [-0.4, -0.2) is 7.11 Å². The average Bonchev–Trinajstić information content (AvgIpc) is 1.41. The van der Waals surface area contributed by atoms with Gasteiger partial charge in [0.25, 0.3) is 0 Å². The minimum Gasteiger partial charge on any atom is -0.448 e. The Morgan fingerprint density at radius 2 is 2.40 bits per heavy atom. The van der Waals surface area contributed by atoms with E-state index in [1.54, 1.807) is 6.11 Å². The second-order valence-corrected chi connectivity index (χ2v) is 0.401. The Balaban J connectivity index is 2.81. The predicted octanol–water partition coefficient (Wildman–Crippen LogP) is 0.521. The molecule has 0 saturated carbocycles. The van der Waals surface area contributed by atoms with E-state index in [0.29, 0.717) is 0 Å². The molecule has 0 aliphatic heterocycles. The first-order valence-electron chi connectivity index (χ1n) is 1.05. The van der Waals surface area contributed by atoms with Gasteiger partial charge < -0.3 is 4.74 Å². The zero-order valence-electron chi connectivity index (χ0n) is 2.79. The van der Waals surface area contributed by atoms with E-state index in [9.17, 15) is 4.39 Å². The van der Waals surface area contributed by atoms with Crippen LogP contribution < -0.4 is 0 Å². The SMILES string of the molecule is COC#CF. The highest BCUT2D eigenvalue weighted by Crippen LogP contribution is 1.53. The van der Waals surface area contributed by atoms with Crippen molar-refractivity contribution in [1.29, 1.82) is 0 Å². The van der Waals surface area contributed by atoms with E-state index in [2.05, 4.69) is 4.74 Å². The summed E-state index contributed by atoms with van der Waals surface area (Å²) in [4.78, 5) is 0. The molecule has 0 aromatic carbocycles. The fourth-order valence-electron chi connectivity index (χ4n) is 0.0386. The van der Waals surface area contributed by atoms with E-state index < -0.39 is 0 Å². The Labute approximate surface area is 29.7 Å². The molecule has 0 N–H and O–H groups in total. The monoisotopic (exact) mass is 74.0 g/mol. The molecule has 2 heteroatoms. The van der Waals surface area contributed by atoms with Gasteiger partial charge in [-0.2, -0.15) is 0 Å². The summed E-state index contributed by atoms with van der Waals surface area (Å²) in [6.07, 6.45) is 2.74. The molecule has 0 rings (SSSR count). The lowest BCUT2D eigenvalue weighted by molar-refractivity contribution is 0.369. The van der Waals surface area contributed by atoms with Crippen LogP contribution in [0.3, 0.4) is 0 Å². The van der Waals surface area contributed by atoms with Crippen molar-refractivity contribution in [2.75, 3.05) is 7.11 Å². The number of ether oxygens (including phenoxy) is 1. The van der Waals surface area contributed by atoms with Crippen molar-refractivity contribution in [2.24, 2.45) is 0 Å². The highest BCUT2D eigenvalue weighted by atomic mass is 19.1. The van der Waals surface area contributed by atoms with Crippen molar-refractivity contribution in [3.8, 4) is 12.3 Å². The van der Waals surface area contributed by atoms with Crippen LogP contribution in [0.15, 0.2) is 0 Å². The Bertz CT molecular complexity index is 59.0. The van der Waals surface area contributed by atoms with Gasteiger partial charge in [-0.1, -0.05) is 0 Å². The summed E-state index contributed by atoms with van der Waals surface area (Å²) in [5.74, 6) is 0. The van der Waals surface area contributed by atoms with Crippen LogP contribution in [0.2, 0.25) is 0 Å². The lowest BCUT2D eigenvalue weighted by Gasteiger charge is -1.67. The molecule has 0 fully saturated rings. The first-order chi connectivity index (χ1) is 2.41. The molecule has 0 bridgehead atoms. The predicted molar refractivity (Wildman–Crippen MR) is 15.9 cm³/mol. The fourth-order valence-corrected chi connectivity index (χ4v) is 0.0386. The molecule has 0 aliphatic rings. The number of rotatable bonds is 0. The Hall–Kier alpha value is -0.710. The topological polar surface area (TPSA) is 9.23 Å². The summed E-state index contributed by atoms with van der Waals surface area (Å²) in [6, 6.07) is 0. The van der Waals surface area contributed by atoms with Crippen molar-refractivity contribution in [1.82, 2.24) is 0 Å². The van der Waals surface area contributed by atoms with Gasteiger partial charge in [-0.3, -0.25) is 0 Å². The molecule has 0 atom stereocenters. The van der Waals surface area contributed by atoms with Gasteiger partial charge in [-0.25, -0.2) is 0 Å². The lowest BCUT2D eigenvalue weighted by Crippen LogP contribution is -1.58. The minimum absolute atomic E-state index is 1.05.